The summed E-state index contributed by atoms with van der Waals surface area (Å²) in [5, 5.41) is 7.52. The topological polar surface area (TPSA) is 101 Å². The molecular formula is C19H28N4O4S. The molecule has 28 heavy (non-hydrogen) atoms. The minimum absolute atomic E-state index is 0.0440. The quantitative estimate of drug-likeness (QED) is 0.744. The van der Waals surface area contributed by atoms with Crippen molar-refractivity contribution < 1.29 is 18.0 Å². The largest absolute Gasteiger partial charge is 0.338 e. The highest BCUT2D eigenvalue weighted by Crippen LogP contribution is 2.31. The summed E-state index contributed by atoms with van der Waals surface area (Å²) in [6.45, 7) is 10.6. The zero-order valence-corrected chi connectivity index (χ0v) is 17.5. The number of rotatable bonds is 5. The van der Waals surface area contributed by atoms with Gasteiger partial charge in [0, 0.05) is 36.9 Å². The third kappa shape index (κ3) is 4.45. The van der Waals surface area contributed by atoms with Crippen molar-refractivity contribution in [2.24, 2.45) is 5.92 Å². The number of carbonyl (C=O) groups is 2. The Bertz CT molecular complexity index is 892. The van der Waals surface area contributed by atoms with Crippen molar-refractivity contribution in [2.45, 2.75) is 45.1 Å². The van der Waals surface area contributed by atoms with Crippen LogP contribution >= 0.6 is 0 Å². The van der Waals surface area contributed by atoms with E-state index in [0.717, 1.165) is 5.69 Å². The number of nitrogens with one attached hydrogen (secondary N) is 1. The summed E-state index contributed by atoms with van der Waals surface area (Å²) in [4.78, 5) is 25.7. The Labute approximate surface area is 165 Å². The van der Waals surface area contributed by atoms with Crippen LogP contribution in [0.4, 0.5) is 5.82 Å². The van der Waals surface area contributed by atoms with Crippen molar-refractivity contribution in [3.05, 3.63) is 24.4 Å². The van der Waals surface area contributed by atoms with Gasteiger partial charge in [-0.3, -0.25) is 9.59 Å². The molecule has 1 unspecified atom stereocenters. The highest BCUT2D eigenvalue weighted by molar-refractivity contribution is 7.91. The summed E-state index contributed by atoms with van der Waals surface area (Å²) in [6.07, 6.45) is 2.08. The smallest absolute Gasteiger partial charge is 0.245 e. The van der Waals surface area contributed by atoms with Gasteiger partial charge >= 0.3 is 0 Å². The first-order valence-electron chi connectivity index (χ1n) is 9.50. The van der Waals surface area contributed by atoms with E-state index in [4.69, 9.17) is 0 Å². The average Bonchev–Trinajstić information content (AvgIpc) is 3.12. The van der Waals surface area contributed by atoms with E-state index in [1.54, 1.807) is 9.58 Å². The molecule has 0 aromatic carbocycles. The fourth-order valence-electron chi connectivity index (χ4n) is 3.57. The van der Waals surface area contributed by atoms with E-state index >= 15 is 0 Å². The Morgan fingerprint density at radius 2 is 2.04 bits per heavy atom. The number of sulfone groups is 1. The lowest BCUT2D eigenvalue weighted by molar-refractivity contribution is -0.134. The van der Waals surface area contributed by atoms with Crippen LogP contribution in [0.3, 0.4) is 0 Å². The fraction of sp³-hybridized carbons (Fsp3) is 0.632. The van der Waals surface area contributed by atoms with Crippen LogP contribution in [0.15, 0.2) is 18.7 Å². The normalized spacial score (nSPS) is 22.0. The first-order chi connectivity index (χ1) is 13.0. The van der Waals surface area contributed by atoms with E-state index in [9.17, 15) is 18.0 Å². The second kappa shape index (κ2) is 7.35. The number of amides is 2. The molecule has 1 aromatic rings. The van der Waals surface area contributed by atoms with Gasteiger partial charge in [-0.05, 0) is 12.5 Å². The van der Waals surface area contributed by atoms with Gasteiger partial charge in [-0.1, -0.05) is 27.4 Å². The van der Waals surface area contributed by atoms with Gasteiger partial charge in [-0.25, -0.2) is 13.1 Å². The van der Waals surface area contributed by atoms with E-state index in [2.05, 4.69) is 17.0 Å². The van der Waals surface area contributed by atoms with Crippen LogP contribution in [-0.2, 0) is 24.8 Å². The van der Waals surface area contributed by atoms with Crippen molar-refractivity contribution in [1.29, 1.82) is 0 Å². The molecule has 2 amide bonds. The Balaban J connectivity index is 1.70. The molecule has 2 aliphatic heterocycles. The van der Waals surface area contributed by atoms with Crippen LogP contribution in [0.1, 0.15) is 45.3 Å². The van der Waals surface area contributed by atoms with Crippen LogP contribution in [0.2, 0.25) is 0 Å². The van der Waals surface area contributed by atoms with Crippen LogP contribution in [0, 0.1) is 5.92 Å². The minimum Gasteiger partial charge on any atom is -0.338 e. The summed E-state index contributed by atoms with van der Waals surface area (Å²) in [5.41, 5.74) is 0.584. The van der Waals surface area contributed by atoms with Crippen molar-refractivity contribution in [1.82, 2.24) is 14.7 Å². The molecule has 9 heteroatoms. The molecule has 0 bridgehead atoms. The van der Waals surface area contributed by atoms with Crippen LogP contribution in [0.5, 0.6) is 0 Å². The minimum atomic E-state index is -3.06. The first kappa shape index (κ1) is 20.6. The van der Waals surface area contributed by atoms with Crippen molar-refractivity contribution in [3.63, 3.8) is 0 Å². The molecule has 1 N–H and O–H groups in total. The van der Waals surface area contributed by atoms with Gasteiger partial charge in [-0.2, -0.15) is 5.10 Å². The molecule has 0 aliphatic carbocycles. The number of nitrogens with zero attached hydrogens (tertiary/aromatic N) is 3. The molecule has 2 fully saturated rings. The van der Waals surface area contributed by atoms with Gasteiger partial charge in [0.2, 0.25) is 11.8 Å². The van der Waals surface area contributed by atoms with Crippen molar-refractivity contribution >= 4 is 27.5 Å². The van der Waals surface area contributed by atoms with Crippen LogP contribution < -0.4 is 5.32 Å². The molecular weight excluding hydrogens is 380 g/mol. The first-order valence-corrected chi connectivity index (χ1v) is 11.3. The number of hydrogen-bond acceptors (Lipinski definition) is 5. The fourth-order valence-corrected chi connectivity index (χ4v) is 5.26. The summed E-state index contributed by atoms with van der Waals surface area (Å²) < 4.78 is 25.4. The second-order valence-corrected chi connectivity index (χ2v) is 11.0. The van der Waals surface area contributed by atoms with E-state index < -0.39 is 9.84 Å². The zero-order chi connectivity index (χ0) is 20.7. The van der Waals surface area contributed by atoms with E-state index in [1.807, 2.05) is 26.8 Å². The lowest BCUT2D eigenvalue weighted by Gasteiger charge is -2.38. The monoisotopic (exact) mass is 408 g/mol. The van der Waals surface area contributed by atoms with Gasteiger partial charge in [0.1, 0.15) is 5.82 Å². The molecule has 1 aromatic heterocycles. The summed E-state index contributed by atoms with van der Waals surface area (Å²) >= 11 is 0. The average molecular weight is 409 g/mol. The molecule has 0 spiro atoms. The Hall–Kier alpha value is -2.16. The number of carbonyl (C=O) groups excluding carboxylic acids is 2. The van der Waals surface area contributed by atoms with Gasteiger partial charge in [0.05, 0.1) is 23.2 Å². The Morgan fingerprint density at radius 1 is 1.36 bits per heavy atom. The standard InChI is InChI=1S/C19H28N4O4S/c1-5-18(25)22-10-13(11-22)8-17(24)20-16-9-15(19(2,3)4)21-23(16)14-6-7-28(26,27)12-14/h5,9,13-14H,1,6-8,10-12H2,2-4H3,(H,20,24). The number of likely N-dealkylation sites (tertiary alicyclic amines) is 1. The molecule has 2 saturated heterocycles. The molecule has 0 radical (unpaired) electrons. The summed E-state index contributed by atoms with van der Waals surface area (Å²) in [6, 6.07) is 1.57. The molecule has 3 heterocycles. The number of hydrogen-bond donors (Lipinski definition) is 1. The summed E-state index contributed by atoms with van der Waals surface area (Å²) in [5.74, 6) is 0.572. The van der Waals surface area contributed by atoms with E-state index in [0.29, 0.717) is 31.7 Å². The van der Waals surface area contributed by atoms with Crippen LogP contribution in [0.25, 0.3) is 0 Å². The van der Waals surface area contributed by atoms with Gasteiger partial charge < -0.3 is 10.2 Å². The van der Waals surface area contributed by atoms with Gasteiger partial charge in [0.15, 0.2) is 9.84 Å². The van der Waals surface area contributed by atoms with Crippen molar-refractivity contribution in [2.75, 3.05) is 29.9 Å². The molecule has 1 atom stereocenters. The van der Waals surface area contributed by atoms with Crippen molar-refractivity contribution in [3.8, 4) is 0 Å². The zero-order valence-electron chi connectivity index (χ0n) is 16.6. The molecule has 2 aliphatic rings. The van der Waals surface area contributed by atoms with E-state index in [1.165, 1.54) is 6.08 Å². The molecule has 8 nitrogen and oxygen atoms in total. The number of aromatic nitrogens is 2. The lowest BCUT2D eigenvalue weighted by atomic mass is 9.92. The highest BCUT2D eigenvalue weighted by Gasteiger charge is 2.34. The van der Waals surface area contributed by atoms with Gasteiger partial charge in [-0.15, -0.1) is 0 Å². The molecule has 3 rings (SSSR count). The molecule has 154 valence electrons. The number of anilines is 1. The summed E-state index contributed by atoms with van der Waals surface area (Å²) in [7, 11) is -3.06. The Morgan fingerprint density at radius 3 is 2.57 bits per heavy atom. The third-order valence-corrected chi connectivity index (χ3v) is 6.99. The maximum atomic E-state index is 12.5. The predicted molar refractivity (Wildman–Crippen MR) is 107 cm³/mol. The lowest BCUT2D eigenvalue weighted by Crippen LogP contribution is -2.50. The van der Waals surface area contributed by atoms with Gasteiger partial charge in [0.25, 0.3) is 0 Å². The van der Waals surface area contributed by atoms with Crippen LogP contribution in [-0.4, -0.2) is 59.5 Å². The maximum absolute atomic E-state index is 12.5. The highest BCUT2D eigenvalue weighted by atomic mass is 32.2. The molecule has 0 saturated carbocycles. The third-order valence-electron chi connectivity index (χ3n) is 5.24. The SMILES string of the molecule is C=CC(=O)N1CC(CC(=O)Nc2cc(C(C)(C)C)nn2C2CCS(=O)(=O)C2)C1. The predicted octanol–water partition coefficient (Wildman–Crippen LogP) is 1.51. The Kier molecular flexibility index (Phi) is 5.40. The maximum Gasteiger partial charge on any atom is 0.245 e. The second-order valence-electron chi connectivity index (χ2n) is 8.73. The van der Waals surface area contributed by atoms with E-state index in [-0.39, 0.29) is 40.7 Å².